The highest BCUT2D eigenvalue weighted by Gasteiger charge is 2.18. The van der Waals surface area contributed by atoms with E-state index in [0.717, 1.165) is 29.1 Å². The summed E-state index contributed by atoms with van der Waals surface area (Å²) in [5.74, 6) is 0.556. The molecule has 0 saturated heterocycles. The minimum absolute atomic E-state index is 0.0393. The standard InChI is InChI=1S/C12H18N2O3S2/c13-19(16,17)12-6-5-10(18-12)8-14-11(15)7-9-3-1-2-4-9/h5-6,9H,1-4,7-8H2,(H,14,15)(H2,13,16,17). The third kappa shape index (κ3) is 4.29. The molecule has 2 rings (SSSR count). The summed E-state index contributed by atoms with van der Waals surface area (Å²) < 4.78 is 22.4. The summed E-state index contributed by atoms with van der Waals surface area (Å²) in [6.45, 7) is 0.367. The Morgan fingerprint density at radius 3 is 2.63 bits per heavy atom. The van der Waals surface area contributed by atoms with Crippen LogP contribution in [0.1, 0.15) is 37.0 Å². The number of carbonyl (C=O) groups excluding carboxylic acids is 1. The lowest BCUT2D eigenvalue weighted by molar-refractivity contribution is -0.122. The first kappa shape index (κ1) is 14.5. The van der Waals surface area contributed by atoms with Crippen molar-refractivity contribution in [2.45, 2.75) is 42.9 Å². The average Bonchev–Trinajstić information content (AvgIpc) is 2.95. The van der Waals surface area contributed by atoms with E-state index in [1.54, 1.807) is 6.07 Å². The molecule has 1 saturated carbocycles. The smallest absolute Gasteiger partial charge is 0.247 e. The van der Waals surface area contributed by atoms with E-state index in [2.05, 4.69) is 5.32 Å². The Morgan fingerprint density at radius 1 is 1.37 bits per heavy atom. The van der Waals surface area contributed by atoms with E-state index in [-0.39, 0.29) is 10.1 Å². The third-order valence-electron chi connectivity index (χ3n) is 3.33. The van der Waals surface area contributed by atoms with Crippen LogP contribution in [0.25, 0.3) is 0 Å². The first-order valence-electron chi connectivity index (χ1n) is 6.33. The van der Waals surface area contributed by atoms with Crippen molar-refractivity contribution in [1.29, 1.82) is 0 Å². The summed E-state index contributed by atoms with van der Waals surface area (Å²) in [7, 11) is -3.63. The van der Waals surface area contributed by atoms with Crippen molar-refractivity contribution in [2.75, 3.05) is 0 Å². The number of rotatable bonds is 5. The van der Waals surface area contributed by atoms with E-state index in [1.165, 1.54) is 18.9 Å². The van der Waals surface area contributed by atoms with Crippen LogP contribution in [0.3, 0.4) is 0 Å². The van der Waals surface area contributed by atoms with Crippen LogP contribution >= 0.6 is 11.3 Å². The first-order chi connectivity index (χ1) is 8.95. The number of sulfonamides is 1. The maximum Gasteiger partial charge on any atom is 0.247 e. The summed E-state index contributed by atoms with van der Waals surface area (Å²) in [5.41, 5.74) is 0. The monoisotopic (exact) mass is 302 g/mol. The Morgan fingerprint density at radius 2 is 2.05 bits per heavy atom. The van der Waals surface area contributed by atoms with Gasteiger partial charge in [-0.1, -0.05) is 12.8 Å². The van der Waals surface area contributed by atoms with Gasteiger partial charge >= 0.3 is 0 Å². The number of hydrogen-bond acceptors (Lipinski definition) is 4. The second kappa shape index (κ2) is 6.02. The summed E-state index contributed by atoms with van der Waals surface area (Å²) in [6.07, 6.45) is 5.30. The van der Waals surface area contributed by atoms with Crippen molar-refractivity contribution in [1.82, 2.24) is 5.32 Å². The van der Waals surface area contributed by atoms with Crippen molar-refractivity contribution in [3.05, 3.63) is 17.0 Å². The summed E-state index contributed by atoms with van der Waals surface area (Å²) in [4.78, 5) is 12.5. The van der Waals surface area contributed by atoms with Gasteiger partial charge in [-0.05, 0) is 30.9 Å². The van der Waals surface area contributed by atoms with Crippen LogP contribution in [0.4, 0.5) is 0 Å². The van der Waals surface area contributed by atoms with Gasteiger partial charge in [-0.25, -0.2) is 13.6 Å². The van der Waals surface area contributed by atoms with Gasteiger partial charge in [-0.2, -0.15) is 0 Å². The van der Waals surface area contributed by atoms with Gasteiger partial charge in [0.1, 0.15) is 4.21 Å². The predicted molar refractivity (Wildman–Crippen MR) is 74.1 cm³/mol. The molecule has 0 bridgehead atoms. The molecule has 1 amide bonds. The number of amides is 1. The maximum absolute atomic E-state index is 11.7. The number of primary sulfonamides is 1. The molecule has 1 aromatic rings. The molecule has 0 unspecified atom stereocenters. The van der Waals surface area contributed by atoms with E-state index >= 15 is 0 Å². The molecule has 5 nitrogen and oxygen atoms in total. The summed E-state index contributed by atoms with van der Waals surface area (Å²) in [6, 6.07) is 3.15. The minimum atomic E-state index is -3.63. The van der Waals surface area contributed by atoms with Crippen LogP contribution in [0.5, 0.6) is 0 Å². The van der Waals surface area contributed by atoms with Crippen LogP contribution in [-0.2, 0) is 21.4 Å². The third-order valence-corrected chi connectivity index (χ3v) is 5.85. The summed E-state index contributed by atoms with van der Waals surface area (Å²) in [5, 5.41) is 7.86. The van der Waals surface area contributed by atoms with Crippen molar-refractivity contribution in [3.63, 3.8) is 0 Å². The molecular formula is C12H18N2O3S2. The van der Waals surface area contributed by atoms with Crippen LogP contribution in [0.15, 0.2) is 16.3 Å². The molecular weight excluding hydrogens is 284 g/mol. The molecule has 0 atom stereocenters. The minimum Gasteiger partial charge on any atom is -0.351 e. The normalized spacial score (nSPS) is 16.7. The van der Waals surface area contributed by atoms with Gasteiger partial charge in [-0.3, -0.25) is 4.79 Å². The van der Waals surface area contributed by atoms with E-state index < -0.39 is 10.0 Å². The quantitative estimate of drug-likeness (QED) is 0.865. The highest BCUT2D eigenvalue weighted by atomic mass is 32.2. The zero-order valence-electron chi connectivity index (χ0n) is 10.6. The number of nitrogens with two attached hydrogens (primary N) is 1. The van der Waals surface area contributed by atoms with Crippen LogP contribution in [-0.4, -0.2) is 14.3 Å². The van der Waals surface area contributed by atoms with Crippen LogP contribution in [0.2, 0.25) is 0 Å². The Balaban J connectivity index is 1.81. The average molecular weight is 302 g/mol. The van der Waals surface area contributed by atoms with Gasteiger partial charge < -0.3 is 5.32 Å². The molecule has 7 heteroatoms. The van der Waals surface area contributed by atoms with Crippen LogP contribution in [0, 0.1) is 5.92 Å². The van der Waals surface area contributed by atoms with Crippen molar-refractivity contribution in [2.24, 2.45) is 11.1 Å². The molecule has 1 aliphatic carbocycles. The maximum atomic E-state index is 11.7. The first-order valence-corrected chi connectivity index (χ1v) is 8.69. The molecule has 1 aromatic heterocycles. The lowest BCUT2D eigenvalue weighted by Crippen LogP contribution is -2.24. The molecule has 1 fully saturated rings. The number of nitrogens with one attached hydrogen (secondary N) is 1. The Labute approximate surface area is 117 Å². The van der Waals surface area contributed by atoms with Crippen molar-refractivity contribution < 1.29 is 13.2 Å². The Kier molecular flexibility index (Phi) is 4.59. The van der Waals surface area contributed by atoms with E-state index in [9.17, 15) is 13.2 Å². The number of carbonyl (C=O) groups is 1. The van der Waals surface area contributed by atoms with Gasteiger partial charge in [0.25, 0.3) is 0 Å². The number of hydrogen-bond donors (Lipinski definition) is 2. The molecule has 1 aliphatic rings. The van der Waals surface area contributed by atoms with Gasteiger partial charge in [0.15, 0.2) is 0 Å². The van der Waals surface area contributed by atoms with Gasteiger partial charge in [0.05, 0.1) is 6.54 Å². The zero-order chi connectivity index (χ0) is 13.9. The topological polar surface area (TPSA) is 89.3 Å². The molecule has 19 heavy (non-hydrogen) atoms. The van der Waals surface area contributed by atoms with E-state index in [1.807, 2.05) is 0 Å². The fraction of sp³-hybridized carbons (Fsp3) is 0.583. The fourth-order valence-corrected chi connectivity index (χ4v) is 4.06. The SMILES string of the molecule is NS(=O)(=O)c1ccc(CNC(=O)CC2CCCC2)s1. The Hall–Kier alpha value is -0.920. The fourth-order valence-electron chi connectivity index (χ4n) is 2.34. The lowest BCUT2D eigenvalue weighted by atomic mass is 10.0. The molecule has 106 valence electrons. The Bertz CT molecular complexity index is 545. The van der Waals surface area contributed by atoms with Gasteiger partial charge in [0.2, 0.25) is 15.9 Å². The molecule has 0 spiro atoms. The molecule has 0 aromatic carbocycles. The highest BCUT2D eigenvalue weighted by Crippen LogP contribution is 2.27. The second-order valence-electron chi connectivity index (χ2n) is 4.90. The highest BCUT2D eigenvalue weighted by molar-refractivity contribution is 7.91. The molecule has 3 N–H and O–H groups in total. The largest absolute Gasteiger partial charge is 0.351 e. The van der Waals surface area contributed by atoms with Gasteiger partial charge in [-0.15, -0.1) is 11.3 Å². The molecule has 0 aliphatic heterocycles. The van der Waals surface area contributed by atoms with Crippen molar-refractivity contribution in [3.8, 4) is 0 Å². The molecule has 0 radical (unpaired) electrons. The number of thiophene rings is 1. The predicted octanol–water partition coefficient (Wildman–Crippen LogP) is 1.59. The van der Waals surface area contributed by atoms with E-state index in [4.69, 9.17) is 5.14 Å². The van der Waals surface area contributed by atoms with E-state index in [0.29, 0.717) is 18.9 Å². The summed E-state index contributed by atoms with van der Waals surface area (Å²) >= 11 is 1.10. The zero-order valence-corrected chi connectivity index (χ0v) is 12.2. The molecule has 1 heterocycles. The van der Waals surface area contributed by atoms with Crippen molar-refractivity contribution >= 4 is 27.3 Å². The van der Waals surface area contributed by atoms with Gasteiger partial charge in [0, 0.05) is 11.3 Å². The lowest BCUT2D eigenvalue weighted by Gasteiger charge is -2.08. The van der Waals surface area contributed by atoms with Crippen LogP contribution < -0.4 is 10.5 Å². The second-order valence-corrected chi connectivity index (χ2v) is 7.85.